The van der Waals surface area contributed by atoms with E-state index in [0.29, 0.717) is 17.7 Å². The van der Waals surface area contributed by atoms with Crippen LogP contribution in [0, 0.1) is 22.0 Å². The third-order valence-corrected chi connectivity index (χ3v) is 3.98. The Labute approximate surface area is 108 Å². The fourth-order valence-corrected chi connectivity index (χ4v) is 2.62. The topological polar surface area (TPSA) is 67.6 Å². The highest BCUT2D eigenvalue weighted by Gasteiger charge is 2.31. The molecular weight excluding hydrogens is 290 g/mol. The lowest BCUT2D eigenvalue weighted by atomic mass is 9.98. The molecule has 1 N–H and O–H groups in total. The molecule has 0 aromatic heterocycles. The molecule has 17 heavy (non-hydrogen) atoms. The van der Waals surface area contributed by atoms with Crippen LogP contribution in [0.5, 0.6) is 0 Å². The van der Waals surface area contributed by atoms with Gasteiger partial charge in [0.2, 0.25) is 0 Å². The summed E-state index contributed by atoms with van der Waals surface area (Å²) in [4.78, 5) is 12.4. The Kier molecular flexibility index (Phi) is 3.88. The molecule has 0 radical (unpaired) electrons. The average molecular weight is 306 g/mol. The van der Waals surface area contributed by atoms with Gasteiger partial charge in [-0.05, 0) is 5.92 Å². The van der Waals surface area contributed by atoms with Crippen LogP contribution < -0.4 is 5.32 Å². The van der Waals surface area contributed by atoms with Gasteiger partial charge >= 0.3 is 4.61 Å². The highest BCUT2D eigenvalue weighted by atomic mass is 79.9. The van der Waals surface area contributed by atoms with Crippen molar-refractivity contribution in [3.63, 3.8) is 0 Å². The van der Waals surface area contributed by atoms with Crippen LogP contribution in [-0.4, -0.2) is 42.7 Å². The average Bonchev–Trinajstić information content (AvgIpc) is 2.88. The Morgan fingerprint density at radius 3 is 3.06 bits per heavy atom. The zero-order valence-corrected chi connectivity index (χ0v) is 11.3. The largest absolute Gasteiger partial charge is 0.381 e. The summed E-state index contributed by atoms with van der Waals surface area (Å²) in [6, 6.07) is 0. The Balaban J connectivity index is 2.05. The molecule has 6 nitrogen and oxygen atoms in total. The molecule has 7 heteroatoms. The fourth-order valence-electron chi connectivity index (χ4n) is 2.23. The van der Waals surface area contributed by atoms with E-state index in [1.807, 2.05) is 4.90 Å². The molecule has 2 rings (SSSR count). The molecule has 2 fully saturated rings. The lowest BCUT2D eigenvalue weighted by Gasteiger charge is -2.23. The zero-order chi connectivity index (χ0) is 12.4. The lowest BCUT2D eigenvalue weighted by Crippen LogP contribution is -2.31. The van der Waals surface area contributed by atoms with E-state index >= 15 is 0 Å². The number of halogens is 1. The van der Waals surface area contributed by atoms with Gasteiger partial charge in [-0.25, -0.2) is 0 Å². The number of ether oxygens (including phenoxy) is 1. The van der Waals surface area contributed by atoms with Gasteiger partial charge in [0.15, 0.2) is 5.82 Å². The van der Waals surface area contributed by atoms with Gasteiger partial charge in [-0.2, -0.15) is 0 Å². The maximum atomic E-state index is 10.7. The summed E-state index contributed by atoms with van der Waals surface area (Å²) in [7, 11) is 0. The van der Waals surface area contributed by atoms with Crippen LogP contribution >= 0.6 is 15.9 Å². The smallest absolute Gasteiger partial charge is 0.350 e. The van der Waals surface area contributed by atoms with Crippen LogP contribution in [0.2, 0.25) is 0 Å². The number of rotatable bonds is 3. The highest BCUT2D eigenvalue weighted by Crippen LogP contribution is 2.25. The Hall–Kier alpha value is -0.820. The standard InChI is InChI=1S/C10H16BrN3O3/c1-7-5-17-6-8(7)4-13-3-2-12-10(13)9(11)14(15)16/h7-8,12H,2-6H2,1H3. The molecule has 96 valence electrons. The monoisotopic (exact) mass is 305 g/mol. The summed E-state index contributed by atoms with van der Waals surface area (Å²) >= 11 is 3.02. The van der Waals surface area contributed by atoms with Gasteiger partial charge in [-0.3, -0.25) is 10.1 Å². The fraction of sp³-hybridized carbons (Fsp3) is 0.800. The molecule has 2 aliphatic heterocycles. The molecule has 2 aliphatic rings. The molecule has 0 aromatic rings. The van der Waals surface area contributed by atoms with Crippen molar-refractivity contribution in [2.75, 3.05) is 32.8 Å². The van der Waals surface area contributed by atoms with Gasteiger partial charge in [0.05, 0.1) is 11.5 Å². The summed E-state index contributed by atoms with van der Waals surface area (Å²) < 4.78 is 5.43. The van der Waals surface area contributed by atoms with E-state index < -0.39 is 4.92 Å². The summed E-state index contributed by atoms with van der Waals surface area (Å²) in [6.45, 7) is 6.07. The van der Waals surface area contributed by atoms with E-state index in [1.165, 1.54) is 0 Å². The normalized spacial score (nSPS) is 31.5. The highest BCUT2D eigenvalue weighted by molar-refractivity contribution is 9.11. The maximum Gasteiger partial charge on any atom is 0.350 e. The molecule has 2 heterocycles. The minimum absolute atomic E-state index is 0.0153. The SMILES string of the molecule is CC1COCC1CN1CCNC1=C(Br)[N+](=O)[O-]. The summed E-state index contributed by atoms with van der Waals surface area (Å²) in [6.07, 6.45) is 0. The van der Waals surface area contributed by atoms with E-state index in [0.717, 1.165) is 32.8 Å². The first-order valence-electron chi connectivity index (χ1n) is 5.70. The van der Waals surface area contributed by atoms with Crippen molar-refractivity contribution >= 4 is 15.9 Å². The molecule has 0 spiro atoms. The van der Waals surface area contributed by atoms with Crippen molar-refractivity contribution in [3.8, 4) is 0 Å². The number of hydrogen-bond acceptors (Lipinski definition) is 5. The quantitative estimate of drug-likeness (QED) is 0.478. The van der Waals surface area contributed by atoms with Gasteiger partial charge in [0, 0.05) is 48.1 Å². The van der Waals surface area contributed by atoms with Crippen LogP contribution in [0.25, 0.3) is 0 Å². The first-order chi connectivity index (χ1) is 8.09. The van der Waals surface area contributed by atoms with Crippen molar-refractivity contribution in [1.82, 2.24) is 10.2 Å². The second-order valence-electron chi connectivity index (χ2n) is 4.54. The molecule has 0 aromatic carbocycles. The third-order valence-electron chi connectivity index (χ3n) is 3.32. The number of nitro groups is 1. The lowest BCUT2D eigenvalue weighted by molar-refractivity contribution is -0.411. The minimum atomic E-state index is -0.408. The van der Waals surface area contributed by atoms with Gasteiger partial charge in [0.25, 0.3) is 0 Å². The van der Waals surface area contributed by atoms with Crippen molar-refractivity contribution in [1.29, 1.82) is 0 Å². The van der Waals surface area contributed by atoms with E-state index in [1.54, 1.807) is 0 Å². The Bertz CT molecular complexity index is 348. The molecule has 2 saturated heterocycles. The minimum Gasteiger partial charge on any atom is -0.381 e. The van der Waals surface area contributed by atoms with Crippen molar-refractivity contribution in [2.24, 2.45) is 11.8 Å². The predicted octanol–water partition coefficient (Wildman–Crippen LogP) is 0.972. The maximum absolute atomic E-state index is 10.7. The Morgan fingerprint density at radius 1 is 1.71 bits per heavy atom. The molecule has 0 amide bonds. The van der Waals surface area contributed by atoms with Crippen molar-refractivity contribution < 1.29 is 9.66 Å². The van der Waals surface area contributed by atoms with Crippen LogP contribution in [0.15, 0.2) is 10.4 Å². The van der Waals surface area contributed by atoms with Gasteiger partial charge in [0.1, 0.15) is 0 Å². The first-order valence-corrected chi connectivity index (χ1v) is 6.49. The first kappa shape index (κ1) is 12.6. The second-order valence-corrected chi connectivity index (χ2v) is 5.30. The molecule has 2 unspecified atom stereocenters. The van der Waals surface area contributed by atoms with E-state index in [2.05, 4.69) is 28.2 Å². The molecular formula is C10H16BrN3O3. The van der Waals surface area contributed by atoms with Gasteiger partial charge < -0.3 is 15.0 Å². The second kappa shape index (κ2) is 5.22. The third kappa shape index (κ3) is 2.71. The van der Waals surface area contributed by atoms with Crippen LogP contribution in [-0.2, 0) is 4.74 Å². The van der Waals surface area contributed by atoms with Crippen LogP contribution in [0.1, 0.15) is 6.92 Å². The van der Waals surface area contributed by atoms with Gasteiger partial charge in [-0.15, -0.1) is 0 Å². The summed E-state index contributed by atoms with van der Waals surface area (Å²) in [5, 5.41) is 13.8. The van der Waals surface area contributed by atoms with Crippen molar-refractivity contribution in [3.05, 3.63) is 20.5 Å². The van der Waals surface area contributed by atoms with E-state index in [9.17, 15) is 10.1 Å². The summed E-state index contributed by atoms with van der Waals surface area (Å²) in [5.41, 5.74) is 0. The molecule has 2 atom stereocenters. The number of hydrogen-bond donors (Lipinski definition) is 1. The zero-order valence-electron chi connectivity index (χ0n) is 9.69. The van der Waals surface area contributed by atoms with E-state index in [-0.39, 0.29) is 4.61 Å². The van der Waals surface area contributed by atoms with E-state index in [4.69, 9.17) is 4.74 Å². The van der Waals surface area contributed by atoms with Crippen molar-refractivity contribution in [2.45, 2.75) is 6.92 Å². The van der Waals surface area contributed by atoms with Crippen LogP contribution in [0.3, 0.4) is 0 Å². The molecule has 0 saturated carbocycles. The van der Waals surface area contributed by atoms with Crippen LogP contribution in [0.4, 0.5) is 0 Å². The number of nitrogens with one attached hydrogen (secondary N) is 1. The summed E-state index contributed by atoms with van der Waals surface area (Å²) in [5.74, 6) is 1.57. The van der Waals surface area contributed by atoms with Gasteiger partial charge in [-0.1, -0.05) is 6.92 Å². The predicted molar refractivity (Wildman–Crippen MR) is 66.0 cm³/mol. The molecule has 0 bridgehead atoms. The molecule has 0 aliphatic carbocycles. The number of nitrogens with zero attached hydrogens (tertiary/aromatic N) is 2. The Morgan fingerprint density at radius 2 is 2.47 bits per heavy atom.